The van der Waals surface area contributed by atoms with Crippen molar-refractivity contribution in [3.05, 3.63) is 66.5 Å². The number of aromatic nitrogens is 3. The van der Waals surface area contributed by atoms with Crippen molar-refractivity contribution in [3.63, 3.8) is 0 Å². The summed E-state index contributed by atoms with van der Waals surface area (Å²) in [6.45, 7) is 1.90. The number of carbonyl (C=O) groups excluding carboxylic acids is 2. The van der Waals surface area contributed by atoms with Crippen molar-refractivity contribution in [1.29, 1.82) is 0 Å². The van der Waals surface area contributed by atoms with E-state index in [0.717, 1.165) is 11.3 Å². The summed E-state index contributed by atoms with van der Waals surface area (Å²) in [5.74, 6) is 1.36. The molecule has 4 heterocycles. The fourth-order valence-electron chi connectivity index (χ4n) is 3.47. The van der Waals surface area contributed by atoms with Crippen LogP contribution in [-0.4, -0.2) is 44.7 Å². The van der Waals surface area contributed by atoms with Crippen molar-refractivity contribution in [2.75, 3.05) is 13.1 Å². The predicted octanol–water partition coefficient (Wildman–Crippen LogP) is 2.10. The number of furan rings is 1. The van der Waals surface area contributed by atoms with Crippen LogP contribution in [0.3, 0.4) is 0 Å². The topological polar surface area (TPSA) is 105 Å². The molecule has 1 fully saturated rings. The average molecular weight is 408 g/mol. The van der Waals surface area contributed by atoms with E-state index in [9.17, 15) is 9.59 Å². The number of piperidine rings is 1. The van der Waals surface area contributed by atoms with Crippen LogP contribution in [-0.2, 0) is 17.9 Å². The lowest BCUT2D eigenvalue weighted by molar-refractivity contribution is -0.126. The van der Waals surface area contributed by atoms with Crippen molar-refractivity contribution in [3.8, 4) is 5.82 Å². The fourth-order valence-corrected chi connectivity index (χ4v) is 3.47. The molecule has 0 atom stereocenters. The van der Waals surface area contributed by atoms with Crippen LogP contribution in [0.15, 0.2) is 59.6 Å². The molecule has 2 N–H and O–H groups in total. The average Bonchev–Trinajstić information content (AvgIpc) is 3.50. The first-order chi connectivity index (χ1) is 14.7. The monoisotopic (exact) mass is 408 g/mol. The number of hydrogen-bond acceptors (Lipinski definition) is 5. The highest BCUT2D eigenvalue weighted by Crippen LogP contribution is 2.18. The standard InChI is InChI=1S/C21H24N6O3/c28-20(23-15-18-3-1-12-30-18)17-5-10-26(11-6-17)21(29)24-14-16-4-8-22-19(13-16)27-9-2-7-25-27/h1-4,7-9,12-13,17H,5-6,10-11,14-15H2,(H,23,28)(H,24,29). The molecule has 9 nitrogen and oxygen atoms in total. The van der Waals surface area contributed by atoms with Crippen LogP contribution >= 0.6 is 0 Å². The van der Waals surface area contributed by atoms with E-state index in [4.69, 9.17) is 4.42 Å². The lowest BCUT2D eigenvalue weighted by atomic mass is 9.96. The molecule has 0 aliphatic carbocycles. The highest BCUT2D eigenvalue weighted by atomic mass is 16.3. The van der Waals surface area contributed by atoms with E-state index in [1.165, 1.54) is 0 Å². The third kappa shape index (κ3) is 4.86. The van der Waals surface area contributed by atoms with Crippen LogP contribution in [0.5, 0.6) is 0 Å². The Morgan fingerprint density at radius 2 is 1.97 bits per heavy atom. The lowest BCUT2D eigenvalue weighted by Crippen LogP contribution is -2.46. The van der Waals surface area contributed by atoms with Crippen LogP contribution in [0.25, 0.3) is 5.82 Å². The minimum absolute atomic E-state index is 0.00870. The Hall–Kier alpha value is -3.62. The molecular formula is C21H24N6O3. The van der Waals surface area contributed by atoms with E-state index in [1.807, 2.05) is 30.5 Å². The second-order valence-corrected chi connectivity index (χ2v) is 7.19. The molecule has 1 saturated heterocycles. The molecule has 0 bridgehead atoms. The summed E-state index contributed by atoms with van der Waals surface area (Å²) in [6.07, 6.45) is 8.09. The van der Waals surface area contributed by atoms with Gasteiger partial charge in [-0.3, -0.25) is 4.79 Å². The molecule has 3 aromatic heterocycles. The molecular weight excluding hydrogens is 384 g/mol. The number of carbonyl (C=O) groups is 2. The molecule has 3 aromatic rings. The molecule has 0 saturated carbocycles. The van der Waals surface area contributed by atoms with Crippen LogP contribution < -0.4 is 10.6 Å². The molecule has 4 rings (SSSR count). The fraction of sp³-hybridized carbons (Fsp3) is 0.333. The molecule has 1 aliphatic rings. The molecule has 0 aromatic carbocycles. The third-order valence-corrected chi connectivity index (χ3v) is 5.16. The molecule has 0 unspecified atom stereocenters. The van der Waals surface area contributed by atoms with Crippen molar-refractivity contribution in [2.24, 2.45) is 5.92 Å². The SMILES string of the molecule is O=C(NCc1ccco1)C1CCN(C(=O)NCc2ccnc(-n3cccn3)c2)CC1. The highest BCUT2D eigenvalue weighted by molar-refractivity contribution is 5.79. The Labute approximate surface area is 174 Å². The van der Waals surface area contributed by atoms with Gasteiger partial charge in [-0.2, -0.15) is 5.10 Å². The summed E-state index contributed by atoms with van der Waals surface area (Å²) >= 11 is 0. The molecule has 0 spiro atoms. The van der Waals surface area contributed by atoms with Gasteiger partial charge >= 0.3 is 6.03 Å². The highest BCUT2D eigenvalue weighted by Gasteiger charge is 2.27. The summed E-state index contributed by atoms with van der Waals surface area (Å²) in [6, 6.07) is 9.08. The lowest BCUT2D eigenvalue weighted by Gasteiger charge is -2.31. The number of amides is 3. The van der Waals surface area contributed by atoms with Gasteiger partial charge in [-0.25, -0.2) is 14.5 Å². The molecule has 3 amide bonds. The van der Waals surface area contributed by atoms with Crippen LogP contribution in [0.4, 0.5) is 4.79 Å². The summed E-state index contributed by atoms with van der Waals surface area (Å²) in [7, 11) is 0. The Morgan fingerprint density at radius 1 is 1.10 bits per heavy atom. The Morgan fingerprint density at radius 3 is 2.70 bits per heavy atom. The zero-order valence-corrected chi connectivity index (χ0v) is 16.5. The first-order valence-electron chi connectivity index (χ1n) is 9.97. The van der Waals surface area contributed by atoms with Gasteiger partial charge in [-0.05, 0) is 48.7 Å². The predicted molar refractivity (Wildman–Crippen MR) is 108 cm³/mol. The second kappa shape index (κ2) is 9.25. The zero-order chi connectivity index (χ0) is 20.8. The van der Waals surface area contributed by atoms with Gasteiger partial charge in [0, 0.05) is 44.1 Å². The van der Waals surface area contributed by atoms with Gasteiger partial charge in [-0.1, -0.05) is 0 Å². The third-order valence-electron chi connectivity index (χ3n) is 5.16. The smallest absolute Gasteiger partial charge is 0.317 e. The van der Waals surface area contributed by atoms with E-state index in [0.29, 0.717) is 44.8 Å². The van der Waals surface area contributed by atoms with Gasteiger partial charge in [0.25, 0.3) is 0 Å². The van der Waals surface area contributed by atoms with Crippen molar-refractivity contribution in [1.82, 2.24) is 30.3 Å². The van der Waals surface area contributed by atoms with E-state index in [-0.39, 0.29) is 17.9 Å². The summed E-state index contributed by atoms with van der Waals surface area (Å²) in [5, 5.41) is 10.0. The number of hydrogen-bond donors (Lipinski definition) is 2. The van der Waals surface area contributed by atoms with Crippen molar-refractivity contribution < 1.29 is 14.0 Å². The number of rotatable bonds is 6. The van der Waals surface area contributed by atoms with Crippen molar-refractivity contribution >= 4 is 11.9 Å². The number of likely N-dealkylation sites (tertiary alicyclic amines) is 1. The van der Waals surface area contributed by atoms with Gasteiger partial charge in [0.2, 0.25) is 5.91 Å². The second-order valence-electron chi connectivity index (χ2n) is 7.19. The first-order valence-corrected chi connectivity index (χ1v) is 9.97. The molecule has 9 heteroatoms. The van der Waals surface area contributed by atoms with Gasteiger partial charge < -0.3 is 20.0 Å². The Balaban J connectivity index is 1.22. The number of urea groups is 1. The maximum absolute atomic E-state index is 12.5. The van der Waals surface area contributed by atoms with Crippen LogP contribution in [0.1, 0.15) is 24.2 Å². The summed E-state index contributed by atoms with van der Waals surface area (Å²) in [4.78, 5) is 30.9. The van der Waals surface area contributed by atoms with Gasteiger partial charge in [0.15, 0.2) is 5.82 Å². The summed E-state index contributed by atoms with van der Waals surface area (Å²) < 4.78 is 6.90. The van der Waals surface area contributed by atoms with E-state index >= 15 is 0 Å². The molecule has 0 radical (unpaired) electrons. The molecule has 156 valence electrons. The van der Waals surface area contributed by atoms with Crippen molar-refractivity contribution in [2.45, 2.75) is 25.9 Å². The van der Waals surface area contributed by atoms with Crippen LogP contribution in [0, 0.1) is 5.92 Å². The van der Waals surface area contributed by atoms with E-state index in [1.54, 1.807) is 34.3 Å². The van der Waals surface area contributed by atoms with Crippen LogP contribution in [0.2, 0.25) is 0 Å². The Kier molecular flexibility index (Phi) is 6.07. The van der Waals surface area contributed by atoms with E-state index < -0.39 is 0 Å². The normalized spacial score (nSPS) is 14.5. The molecule has 30 heavy (non-hydrogen) atoms. The number of pyridine rings is 1. The minimum atomic E-state index is -0.123. The molecule has 1 aliphatic heterocycles. The van der Waals surface area contributed by atoms with Gasteiger partial charge in [-0.15, -0.1) is 0 Å². The maximum atomic E-state index is 12.5. The Bertz CT molecular complexity index is 963. The van der Waals surface area contributed by atoms with E-state index in [2.05, 4.69) is 20.7 Å². The first kappa shape index (κ1) is 19.7. The minimum Gasteiger partial charge on any atom is -0.467 e. The zero-order valence-electron chi connectivity index (χ0n) is 16.5. The van der Waals surface area contributed by atoms with Gasteiger partial charge in [0.1, 0.15) is 5.76 Å². The largest absolute Gasteiger partial charge is 0.467 e. The summed E-state index contributed by atoms with van der Waals surface area (Å²) in [5.41, 5.74) is 0.941. The quantitative estimate of drug-likeness (QED) is 0.650. The number of nitrogens with one attached hydrogen (secondary N) is 2. The number of nitrogens with zero attached hydrogens (tertiary/aromatic N) is 4. The van der Waals surface area contributed by atoms with Gasteiger partial charge in [0.05, 0.1) is 12.8 Å². The maximum Gasteiger partial charge on any atom is 0.317 e.